The third-order valence-corrected chi connectivity index (χ3v) is 12.1. The molecule has 5 atom stereocenters. The average Bonchev–Trinajstić information content (AvgIpc) is 3.99. The first kappa shape index (κ1) is 37.5. The van der Waals surface area contributed by atoms with Gasteiger partial charge >= 0.3 is 5.97 Å². The molecular weight excluding hydrogens is 657 g/mol. The first-order valence-electron chi connectivity index (χ1n) is 17.8. The van der Waals surface area contributed by atoms with Crippen LogP contribution in [0.4, 0.5) is 0 Å². The number of amides is 2. The van der Waals surface area contributed by atoms with Crippen molar-refractivity contribution in [3.63, 3.8) is 0 Å². The van der Waals surface area contributed by atoms with E-state index in [0.717, 1.165) is 30.4 Å². The van der Waals surface area contributed by atoms with E-state index in [0.29, 0.717) is 19.3 Å². The Morgan fingerprint density at radius 1 is 1.16 bits per heavy atom. The molecule has 0 radical (unpaired) electrons. The van der Waals surface area contributed by atoms with Gasteiger partial charge in [0.2, 0.25) is 21.8 Å². The molecule has 1 aromatic rings. The van der Waals surface area contributed by atoms with Crippen LogP contribution in [0.2, 0.25) is 0 Å². The highest BCUT2D eigenvalue weighted by atomic mass is 32.2. The van der Waals surface area contributed by atoms with Crippen LogP contribution >= 0.6 is 0 Å². The number of carbonyl (C=O) groups is 4. The molecule has 2 aliphatic heterocycles. The number of esters is 1. The van der Waals surface area contributed by atoms with Crippen LogP contribution in [0.1, 0.15) is 96.1 Å². The maximum atomic E-state index is 14.4. The number of ether oxygens (including phenoxy) is 2. The van der Waals surface area contributed by atoms with Crippen molar-refractivity contribution < 1.29 is 37.1 Å². The van der Waals surface area contributed by atoms with Crippen molar-refractivity contribution in [1.82, 2.24) is 9.62 Å². The molecule has 2 aliphatic carbocycles. The number of nitrogens with zero attached hydrogens (tertiary/aromatic N) is 1. The molecule has 270 valence electrons. The molecule has 1 aromatic carbocycles. The lowest BCUT2D eigenvalue weighted by Crippen LogP contribution is -2.48. The highest BCUT2D eigenvalue weighted by Crippen LogP contribution is 2.57. The van der Waals surface area contributed by atoms with E-state index in [1.165, 1.54) is 4.90 Å². The van der Waals surface area contributed by atoms with Gasteiger partial charge in [-0.1, -0.05) is 63.0 Å². The zero-order chi connectivity index (χ0) is 36.1. The fourth-order valence-electron chi connectivity index (χ4n) is 6.93. The molecule has 4 aliphatic rings. The number of cyclic esters (lactones) is 1. The monoisotopic (exact) mass is 706 g/mol. The zero-order valence-electron chi connectivity index (χ0n) is 29.4. The van der Waals surface area contributed by atoms with Crippen molar-refractivity contribution in [1.29, 1.82) is 0 Å². The number of rotatable bonds is 7. The van der Waals surface area contributed by atoms with E-state index >= 15 is 0 Å². The molecule has 0 spiro atoms. The molecule has 5 rings (SSSR count). The van der Waals surface area contributed by atoms with Gasteiger partial charge in [-0.3, -0.25) is 23.9 Å². The van der Waals surface area contributed by atoms with Crippen molar-refractivity contribution >= 4 is 39.7 Å². The molecule has 0 aromatic heterocycles. The Morgan fingerprint density at radius 3 is 2.64 bits per heavy atom. The molecule has 2 saturated carbocycles. The lowest BCUT2D eigenvalue weighted by atomic mass is 9.77. The fraction of sp³-hybridized carbons (Fsp3) is 0.590. The molecule has 2 amide bonds. The first-order valence-corrected chi connectivity index (χ1v) is 19.3. The van der Waals surface area contributed by atoms with Crippen molar-refractivity contribution in [2.24, 2.45) is 22.7 Å². The number of benzene rings is 1. The van der Waals surface area contributed by atoms with Crippen LogP contribution in [-0.4, -0.2) is 74.0 Å². The Hall–Kier alpha value is -3.75. The number of fused-ring (bicyclic) bond motifs is 4. The number of sulfonamides is 1. The van der Waals surface area contributed by atoms with Crippen LogP contribution in [0.15, 0.2) is 43.0 Å². The van der Waals surface area contributed by atoms with E-state index in [1.54, 1.807) is 6.08 Å². The van der Waals surface area contributed by atoms with E-state index in [1.807, 2.05) is 45.0 Å². The molecule has 4 bridgehead atoms. The summed E-state index contributed by atoms with van der Waals surface area (Å²) in [5, 5.41) is -0.591. The van der Waals surface area contributed by atoms with Crippen LogP contribution in [0.3, 0.4) is 0 Å². The minimum Gasteiger partial charge on any atom is -0.466 e. The van der Waals surface area contributed by atoms with Gasteiger partial charge < -0.3 is 14.4 Å². The maximum absolute atomic E-state index is 14.4. The lowest BCUT2D eigenvalue weighted by molar-refractivity contribution is -0.153. The number of nitrogens with one attached hydrogen (secondary N) is 1. The summed E-state index contributed by atoms with van der Waals surface area (Å²) in [5.74, 6) is 3.16. The van der Waals surface area contributed by atoms with Gasteiger partial charge in [0.15, 0.2) is 5.78 Å². The largest absolute Gasteiger partial charge is 0.466 e. The summed E-state index contributed by atoms with van der Waals surface area (Å²) in [6, 6.07) is 6.97. The molecule has 1 N–H and O–H groups in total. The van der Waals surface area contributed by atoms with Crippen LogP contribution in [0.5, 0.6) is 0 Å². The van der Waals surface area contributed by atoms with Crippen molar-refractivity contribution in [2.45, 2.75) is 102 Å². The second kappa shape index (κ2) is 15.6. The normalized spacial score (nSPS) is 28.9. The number of hydrogen-bond donors (Lipinski definition) is 1. The molecule has 10 nitrogen and oxygen atoms in total. The summed E-state index contributed by atoms with van der Waals surface area (Å²) in [4.78, 5) is 56.5. The van der Waals surface area contributed by atoms with Gasteiger partial charge in [0, 0.05) is 24.9 Å². The minimum absolute atomic E-state index is 0.0760. The summed E-state index contributed by atoms with van der Waals surface area (Å²) in [5.41, 5.74) is 0.000934. The predicted octanol–water partition coefficient (Wildman–Crippen LogP) is 4.97. The number of carbonyl (C=O) groups excluding carboxylic acids is 4. The van der Waals surface area contributed by atoms with Crippen molar-refractivity contribution in [3.8, 4) is 11.8 Å². The first-order chi connectivity index (χ1) is 23.7. The molecule has 0 unspecified atom stereocenters. The SMILES string of the molecule is C=C[C@@H]1C[C@]1(CC(=O)[C@@H]1C[C@@H]2CN1C(=O)[C@H](C(C)(C)C)CC(=O)OCCCCC/C=C/c1cccc(c1)C#CCO2)C(=O)NS(=O)(=O)C1CC1. The third kappa shape index (κ3) is 9.32. The summed E-state index contributed by atoms with van der Waals surface area (Å²) < 4.78 is 39.2. The molecule has 2 heterocycles. The topological polar surface area (TPSA) is 136 Å². The summed E-state index contributed by atoms with van der Waals surface area (Å²) >= 11 is 0. The van der Waals surface area contributed by atoms with E-state index in [9.17, 15) is 27.6 Å². The summed E-state index contributed by atoms with van der Waals surface area (Å²) in [7, 11) is -3.82. The maximum Gasteiger partial charge on any atom is 0.306 e. The Morgan fingerprint density at radius 2 is 1.94 bits per heavy atom. The second-order valence-electron chi connectivity index (χ2n) is 15.2. The van der Waals surface area contributed by atoms with Gasteiger partial charge in [0.05, 0.1) is 41.8 Å². The highest BCUT2D eigenvalue weighted by Gasteiger charge is 2.61. The Balaban J connectivity index is 1.39. The number of allylic oxidation sites excluding steroid dienone is 2. The van der Waals surface area contributed by atoms with Gasteiger partial charge in [0.25, 0.3) is 0 Å². The number of hydrogen-bond acceptors (Lipinski definition) is 8. The molecule has 11 heteroatoms. The number of ketones is 1. The second-order valence-corrected chi connectivity index (χ2v) is 17.2. The van der Waals surface area contributed by atoms with Gasteiger partial charge in [0.1, 0.15) is 6.61 Å². The Labute approximate surface area is 296 Å². The molecule has 50 heavy (non-hydrogen) atoms. The van der Waals surface area contributed by atoms with Gasteiger partial charge in [-0.25, -0.2) is 8.42 Å². The van der Waals surface area contributed by atoms with Crippen LogP contribution < -0.4 is 4.72 Å². The van der Waals surface area contributed by atoms with Crippen LogP contribution in [-0.2, 0) is 38.7 Å². The fourth-order valence-corrected chi connectivity index (χ4v) is 8.31. The zero-order valence-corrected chi connectivity index (χ0v) is 30.3. The summed E-state index contributed by atoms with van der Waals surface area (Å²) in [6.07, 6.45) is 9.79. The molecule has 3 fully saturated rings. The predicted molar refractivity (Wildman–Crippen MR) is 190 cm³/mol. The lowest BCUT2D eigenvalue weighted by Gasteiger charge is -2.34. The van der Waals surface area contributed by atoms with Gasteiger partial charge in [-0.2, -0.15) is 0 Å². The van der Waals surface area contributed by atoms with Crippen LogP contribution in [0, 0.1) is 34.5 Å². The van der Waals surface area contributed by atoms with Gasteiger partial charge in [-0.05, 0) is 74.0 Å². The van der Waals surface area contributed by atoms with Crippen LogP contribution in [0.25, 0.3) is 6.08 Å². The van der Waals surface area contributed by atoms with Crippen molar-refractivity contribution in [3.05, 3.63) is 54.1 Å². The standard InChI is InChI=1S/C39H50N2O8S/c1-5-29-24-39(29,37(45)40-50(46,47)31-17-18-31)25-34(42)33-22-30-26-41(33)36(44)32(38(2,3)4)23-35(43)49-19-10-8-6-7-9-13-27-14-11-15-28(21-27)16-12-20-48-30/h5,9,11,13-15,21,29-33H,1,6-8,10,17-20,22-26H2,2-4H3,(H,40,45)/b13-9+/t29-,30-,32-,33+,39-/m1/s1. The third-order valence-electron chi connectivity index (χ3n) is 10.3. The molecule has 1 saturated heterocycles. The van der Waals surface area contributed by atoms with E-state index < -0.39 is 56.0 Å². The minimum atomic E-state index is -3.82. The Bertz CT molecular complexity index is 1680. The van der Waals surface area contributed by atoms with E-state index in [2.05, 4.69) is 35.3 Å². The smallest absolute Gasteiger partial charge is 0.306 e. The number of Topliss-reactive ketones (excluding diaryl/α,β-unsaturated/α-hetero) is 1. The molecular formula is C39H50N2O8S. The van der Waals surface area contributed by atoms with Crippen molar-refractivity contribution in [2.75, 3.05) is 19.8 Å². The Kier molecular flexibility index (Phi) is 11.7. The van der Waals surface area contributed by atoms with Gasteiger partial charge in [-0.15, -0.1) is 6.58 Å². The van der Waals surface area contributed by atoms with E-state index in [4.69, 9.17) is 9.47 Å². The highest BCUT2D eigenvalue weighted by molar-refractivity contribution is 7.90. The average molecular weight is 707 g/mol. The quantitative estimate of drug-likeness (QED) is 0.239. The van der Waals surface area contributed by atoms with E-state index in [-0.39, 0.29) is 63.1 Å². The summed E-state index contributed by atoms with van der Waals surface area (Å²) in [6.45, 7) is 9.89.